The zero-order valence-electron chi connectivity index (χ0n) is 10.0. The van der Waals surface area contributed by atoms with Gasteiger partial charge in [-0.25, -0.2) is 0 Å². The zero-order chi connectivity index (χ0) is 12.7. The summed E-state index contributed by atoms with van der Waals surface area (Å²) in [5.41, 5.74) is 8.62. The molecule has 1 aromatic carbocycles. The van der Waals surface area contributed by atoms with Crippen LogP contribution in [0.3, 0.4) is 0 Å². The van der Waals surface area contributed by atoms with Crippen LogP contribution in [0.2, 0.25) is 0 Å². The molecule has 0 aliphatic carbocycles. The molecule has 2 unspecified atom stereocenters. The van der Waals surface area contributed by atoms with Gasteiger partial charge in [0.25, 0.3) is 0 Å². The number of ether oxygens (including phenoxy) is 1. The van der Waals surface area contributed by atoms with Gasteiger partial charge in [-0.1, -0.05) is 17.7 Å². The summed E-state index contributed by atoms with van der Waals surface area (Å²) in [6, 6.07) is 8.39. The van der Waals surface area contributed by atoms with Gasteiger partial charge >= 0.3 is 0 Å². The van der Waals surface area contributed by atoms with Gasteiger partial charge in [0, 0.05) is 32.8 Å². The summed E-state index contributed by atoms with van der Waals surface area (Å²) in [4.78, 5) is 1.23. The molecular formula is C14H14BrNOS. The van der Waals surface area contributed by atoms with Crippen molar-refractivity contribution in [3.05, 3.63) is 50.1 Å². The quantitative estimate of drug-likeness (QED) is 0.847. The van der Waals surface area contributed by atoms with Crippen molar-refractivity contribution in [2.24, 2.45) is 5.73 Å². The van der Waals surface area contributed by atoms with Gasteiger partial charge in [-0.2, -0.15) is 0 Å². The third-order valence-corrected chi connectivity index (χ3v) is 4.99. The lowest BCUT2D eigenvalue weighted by Gasteiger charge is -2.30. The van der Waals surface area contributed by atoms with E-state index in [0.29, 0.717) is 0 Å². The highest BCUT2D eigenvalue weighted by Crippen LogP contribution is 2.41. The lowest BCUT2D eigenvalue weighted by molar-refractivity contribution is 0.165. The first-order valence-corrected chi connectivity index (χ1v) is 7.57. The highest BCUT2D eigenvalue weighted by Gasteiger charge is 2.27. The minimum Gasteiger partial charge on any atom is -0.484 e. The fourth-order valence-electron chi connectivity index (χ4n) is 2.30. The van der Waals surface area contributed by atoms with Gasteiger partial charge in [0.1, 0.15) is 11.9 Å². The molecule has 2 nitrogen and oxygen atoms in total. The molecule has 0 amide bonds. The first-order valence-electron chi connectivity index (χ1n) is 5.90. The van der Waals surface area contributed by atoms with Crippen molar-refractivity contribution in [1.29, 1.82) is 0 Å². The molecule has 2 N–H and O–H groups in total. The van der Waals surface area contributed by atoms with Gasteiger partial charge in [-0.05, 0) is 35.0 Å². The summed E-state index contributed by atoms with van der Waals surface area (Å²) in [5.74, 6) is 0.925. The molecule has 1 aromatic heterocycles. The number of nitrogens with two attached hydrogens (primary N) is 1. The maximum absolute atomic E-state index is 6.26. The monoisotopic (exact) mass is 323 g/mol. The van der Waals surface area contributed by atoms with E-state index in [2.05, 4.69) is 46.4 Å². The normalized spacial score (nSPS) is 22.4. The maximum Gasteiger partial charge on any atom is 0.135 e. The molecule has 1 aliphatic heterocycles. The summed E-state index contributed by atoms with van der Waals surface area (Å²) >= 11 is 5.19. The van der Waals surface area contributed by atoms with Crippen LogP contribution < -0.4 is 10.5 Å². The molecule has 94 valence electrons. The number of fused-ring (bicyclic) bond motifs is 1. The highest BCUT2D eigenvalue weighted by atomic mass is 79.9. The van der Waals surface area contributed by atoms with Gasteiger partial charge in [-0.3, -0.25) is 0 Å². The number of halogens is 1. The van der Waals surface area contributed by atoms with Crippen molar-refractivity contribution in [1.82, 2.24) is 0 Å². The first-order chi connectivity index (χ1) is 8.63. The van der Waals surface area contributed by atoms with E-state index < -0.39 is 0 Å². The highest BCUT2D eigenvalue weighted by molar-refractivity contribution is 9.10. The predicted molar refractivity (Wildman–Crippen MR) is 78.1 cm³/mol. The van der Waals surface area contributed by atoms with Gasteiger partial charge < -0.3 is 10.5 Å². The Morgan fingerprint density at radius 1 is 1.39 bits per heavy atom. The Kier molecular flexibility index (Phi) is 3.18. The molecule has 0 fully saturated rings. The summed E-state index contributed by atoms with van der Waals surface area (Å²) in [5, 5.41) is 2.08. The van der Waals surface area contributed by atoms with Crippen LogP contribution in [-0.2, 0) is 0 Å². The van der Waals surface area contributed by atoms with Crippen molar-refractivity contribution in [3.8, 4) is 5.75 Å². The summed E-state index contributed by atoms with van der Waals surface area (Å²) in [6.45, 7) is 2.08. The predicted octanol–water partition coefficient (Wildman–Crippen LogP) is 4.34. The Balaban J connectivity index is 1.94. The Hall–Kier alpha value is -0.840. The van der Waals surface area contributed by atoms with Crippen LogP contribution in [0.4, 0.5) is 0 Å². The maximum atomic E-state index is 6.26. The molecule has 2 aromatic rings. The lowest BCUT2D eigenvalue weighted by Crippen LogP contribution is -2.23. The second-order valence-electron chi connectivity index (χ2n) is 4.66. The lowest BCUT2D eigenvalue weighted by atomic mass is 9.95. The molecule has 0 saturated heterocycles. The molecule has 18 heavy (non-hydrogen) atoms. The largest absolute Gasteiger partial charge is 0.484 e. The van der Waals surface area contributed by atoms with E-state index in [9.17, 15) is 0 Å². The summed E-state index contributed by atoms with van der Waals surface area (Å²) < 4.78 is 7.17. The van der Waals surface area contributed by atoms with Gasteiger partial charge in [0.05, 0.1) is 0 Å². The van der Waals surface area contributed by atoms with Crippen LogP contribution in [0.1, 0.15) is 34.6 Å². The molecule has 0 bridgehead atoms. The van der Waals surface area contributed by atoms with E-state index in [1.807, 2.05) is 6.07 Å². The molecule has 0 spiro atoms. The minimum absolute atomic E-state index is 0.0551. The van der Waals surface area contributed by atoms with Gasteiger partial charge in [-0.15, -0.1) is 11.3 Å². The number of hydrogen-bond donors (Lipinski definition) is 1. The third-order valence-electron chi connectivity index (χ3n) is 3.21. The Morgan fingerprint density at radius 2 is 2.22 bits per heavy atom. The van der Waals surface area contributed by atoms with Crippen molar-refractivity contribution < 1.29 is 4.74 Å². The van der Waals surface area contributed by atoms with Crippen LogP contribution in [-0.4, -0.2) is 0 Å². The molecule has 2 atom stereocenters. The summed E-state index contributed by atoms with van der Waals surface area (Å²) in [6.07, 6.45) is 0.912. The van der Waals surface area contributed by atoms with Gasteiger partial charge in [0.2, 0.25) is 0 Å². The molecule has 0 radical (unpaired) electrons. The van der Waals surface area contributed by atoms with Crippen molar-refractivity contribution in [3.63, 3.8) is 0 Å². The van der Waals surface area contributed by atoms with Crippen LogP contribution >= 0.6 is 27.3 Å². The van der Waals surface area contributed by atoms with Crippen molar-refractivity contribution >= 4 is 27.3 Å². The molecule has 2 heterocycles. The molecule has 4 heteroatoms. The average molecular weight is 324 g/mol. The molecular weight excluding hydrogens is 310 g/mol. The van der Waals surface area contributed by atoms with Crippen LogP contribution in [0.5, 0.6) is 5.75 Å². The van der Waals surface area contributed by atoms with E-state index in [1.165, 1.54) is 10.4 Å². The number of aryl methyl sites for hydroxylation is 1. The van der Waals surface area contributed by atoms with E-state index in [0.717, 1.165) is 22.2 Å². The van der Waals surface area contributed by atoms with E-state index in [4.69, 9.17) is 10.5 Å². The summed E-state index contributed by atoms with van der Waals surface area (Å²) in [7, 11) is 0. The second kappa shape index (κ2) is 4.68. The van der Waals surface area contributed by atoms with E-state index >= 15 is 0 Å². The number of rotatable bonds is 1. The fourth-order valence-corrected chi connectivity index (χ4v) is 3.78. The van der Waals surface area contributed by atoms with Crippen LogP contribution in [0.15, 0.2) is 34.1 Å². The smallest absolute Gasteiger partial charge is 0.135 e. The Bertz CT molecular complexity index is 581. The SMILES string of the molecule is Cc1ccc2c(c1)C(N)CC(c1cc(Br)cs1)O2. The Labute approximate surface area is 119 Å². The third kappa shape index (κ3) is 2.20. The van der Waals surface area contributed by atoms with Crippen LogP contribution in [0, 0.1) is 6.92 Å². The number of thiophene rings is 1. The molecule has 3 rings (SSSR count). The van der Waals surface area contributed by atoms with Crippen molar-refractivity contribution in [2.45, 2.75) is 25.5 Å². The topological polar surface area (TPSA) is 35.2 Å². The number of benzene rings is 1. The van der Waals surface area contributed by atoms with Crippen molar-refractivity contribution in [2.75, 3.05) is 0 Å². The van der Waals surface area contributed by atoms with Crippen LogP contribution in [0.25, 0.3) is 0 Å². The average Bonchev–Trinajstić information content (AvgIpc) is 2.77. The van der Waals surface area contributed by atoms with E-state index in [-0.39, 0.29) is 12.1 Å². The second-order valence-corrected chi connectivity index (χ2v) is 6.52. The fraction of sp³-hybridized carbons (Fsp3) is 0.286. The zero-order valence-corrected chi connectivity index (χ0v) is 12.4. The molecule has 1 aliphatic rings. The number of hydrogen-bond acceptors (Lipinski definition) is 3. The standard InChI is InChI=1S/C14H14BrNOS/c1-8-2-3-12-10(4-8)11(16)6-13(17-12)14-5-9(15)7-18-14/h2-5,7,11,13H,6,16H2,1H3. The van der Waals surface area contributed by atoms with E-state index in [1.54, 1.807) is 11.3 Å². The van der Waals surface area contributed by atoms with Gasteiger partial charge in [0.15, 0.2) is 0 Å². The minimum atomic E-state index is 0.0551. The Morgan fingerprint density at radius 3 is 2.94 bits per heavy atom. The first kappa shape index (κ1) is 12.2. The molecule has 0 saturated carbocycles.